The first-order chi connectivity index (χ1) is 9.51. The van der Waals surface area contributed by atoms with Gasteiger partial charge in [0.15, 0.2) is 0 Å². The lowest BCUT2D eigenvalue weighted by Crippen LogP contribution is -2.35. The quantitative estimate of drug-likeness (QED) is 0.771. The number of ether oxygens (including phenoxy) is 1. The van der Waals surface area contributed by atoms with E-state index in [1.54, 1.807) is 13.2 Å². The second kappa shape index (κ2) is 6.34. The number of carbonyl (C=O) groups excluding carboxylic acids is 1. The Morgan fingerprint density at radius 2 is 2.25 bits per heavy atom. The molecule has 0 saturated carbocycles. The minimum Gasteiger partial charge on any atom is -0.478 e. The van der Waals surface area contributed by atoms with Crippen molar-refractivity contribution in [2.45, 2.75) is 18.6 Å². The highest BCUT2D eigenvalue weighted by atomic mass is 79.9. The van der Waals surface area contributed by atoms with Crippen LogP contribution in [0.1, 0.15) is 16.8 Å². The summed E-state index contributed by atoms with van der Waals surface area (Å²) in [5, 5.41) is 14.7. The van der Waals surface area contributed by atoms with Crippen LogP contribution >= 0.6 is 15.9 Å². The summed E-state index contributed by atoms with van der Waals surface area (Å²) in [5.74, 6) is -1.17. The Labute approximate surface area is 124 Å². The largest absolute Gasteiger partial charge is 0.478 e. The number of carboxylic acids is 1. The highest BCUT2D eigenvalue weighted by Gasteiger charge is 2.29. The normalized spacial score (nSPS) is 21.7. The van der Waals surface area contributed by atoms with E-state index in [1.807, 2.05) is 0 Å². The number of hydrogen-bond acceptors (Lipinski definition) is 4. The summed E-state index contributed by atoms with van der Waals surface area (Å²) in [7, 11) is 1.62. The van der Waals surface area contributed by atoms with Gasteiger partial charge in [0.25, 0.3) is 0 Å². The zero-order valence-corrected chi connectivity index (χ0v) is 12.4. The molecule has 2 unspecified atom stereocenters. The third-order valence-electron chi connectivity index (χ3n) is 3.21. The summed E-state index contributed by atoms with van der Waals surface area (Å²) in [5.41, 5.74) is 0.705. The van der Waals surface area contributed by atoms with Gasteiger partial charge in [-0.15, -0.1) is 0 Å². The van der Waals surface area contributed by atoms with Crippen molar-refractivity contribution >= 4 is 33.5 Å². The second-order valence-corrected chi connectivity index (χ2v) is 5.40. The fraction of sp³-hybridized carbons (Fsp3) is 0.385. The van der Waals surface area contributed by atoms with E-state index in [9.17, 15) is 9.59 Å². The molecule has 0 aromatic heterocycles. The van der Waals surface area contributed by atoms with Gasteiger partial charge in [0, 0.05) is 18.1 Å². The predicted octanol–water partition coefficient (Wildman–Crippen LogP) is 1.46. The summed E-state index contributed by atoms with van der Waals surface area (Å²) in [4.78, 5) is 22.9. The minimum absolute atomic E-state index is 0.0450. The number of methoxy groups -OCH3 is 1. The van der Waals surface area contributed by atoms with Crippen molar-refractivity contribution < 1.29 is 19.4 Å². The third kappa shape index (κ3) is 3.36. The van der Waals surface area contributed by atoms with Crippen LogP contribution < -0.4 is 10.6 Å². The molecule has 3 N–H and O–H groups in total. The topological polar surface area (TPSA) is 87.7 Å². The average Bonchev–Trinajstić information content (AvgIpc) is 2.89. The van der Waals surface area contributed by atoms with Gasteiger partial charge in [0.05, 0.1) is 23.4 Å². The Hall–Kier alpha value is -1.44. The summed E-state index contributed by atoms with van der Waals surface area (Å²) in [6.07, 6.45) is 0.663. The first kappa shape index (κ1) is 15.0. The van der Waals surface area contributed by atoms with Crippen molar-refractivity contribution in [3.8, 4) is 0 Å². The van der Waals surface area contributed by atoms with E-state index in [-0.39, 0.29) is 23.6 Å². The molecule has 2 atom stereocenters. The lowest BCUT2D eigenvalue weighted by molar-refractivity contribution is -0.118. The maximum atomic E-state index is 12.1. The molecule has 0 spiro atoms. The first-order valence-electron chi connectivity index (χ1n) is 6.11. The van der Waals surface area contributed by atoms with Crippen molar-refractivity contribution in [1.82, 2.24) is 5.32 Å². The molecule has 1 saturated heterocycles. The van der Waals surface area contributed by atoms with E-state index in [0.717, 1.165) is 0 Å². The van der Waals surface area contributed by atoms with Gasteiger partial charge in [-0.25, -0.2) is 4.79 Å². The number of carbonyl (C=O) groups is 2. The smallest absolute Gasteiger partial charge is 0.335 e. The van der Waals surface area contributed by atoms with Gasteiger partial charge in [0.1, 0.15) is 0 Å². The van der Waals surface area contributed by atoms with Crippen LogP contribution in [0.5, 0.6) is 0 Å². The third-order valence-corrected chi connectivity index (χ3v) is 3.87. The van der Waals surface area contributed by atoms with Gasteiger partial charge in [-0.1, -0.05) is 0 Å². The van der Waals surface area contributed by atoms with Crippen LogP contribution in [0.15, 0.2) is 22.7 Å². The van der Waals surface area contributed by atoms with Crippen LogP contribution in [0.4, 0.5) is 5.69 Å². The highest BCUT2D eigenvalue weighted by molar-refractivity contribution is 9.10. The highest BCUT2D eigenvalue weighted by Crippen LogP contribution is 2.24. The van der Waals surface area contributed by atoms with E-state index in [1.165, 1.54) is 12.1 Å². The van der Waals surface area contributed by atoms with Crippen molar-refractivity contribution in [1.29, 1.82) is 0 Å². The molecule has 108 valence electrons. The molecule has 0 bridgehead atoms. The molecule has 20 heavy (non-hydrogen) atoms. The number of anilines is 1. The lowest BCUT2D eigenvalue weighted by atomic mass is 10.1. The number of halogens is 1. The molecule has 0 aliphatic carbocycles. The lowest BCUT2D eigenvalue weighted by Gasteiger charge is -2.12. The summed E-state index contributed by atoms with van der Waals surface area (Å²) >= 11 is 3.25. The molecule has 2 rings (SSSR count). The number of benzene rings is 1. The molecule has 1 amide bonds. The average molecular weight is 343 g/mol. The SMILES string of the molecule is COC1CNC(C(=O)Nc2ccc(C(=O)O)cc2Br)C1. The van der Waals surface area contributed by atoms with Gasteiger partial charge in [-0.3, -0.25) is 4.79 Å². The fourth-order valence-corrected chi connectivity index (χ4v) is 2.53. The molecule has 1 heterocycles. The number of aromatic carboxylic acids is 1. The molecule has 0 radical (unpaired) electrons. The Balaban J connectivity index is 2.03. The molecule has 1 aliphatic heterocycles. The summed E-state index contributed by atoms with van der Waals surface area (Å²) < 4.78 is 5.72. The first-order valence-corrected chi connectivity index (χ1v) is 6.90. The summed E-state index contributed by atoms with van der Waals surface area (Å²) in [6.45, 7) is 0.647. The van der Waals surface area contributed by atoms with Crippen LogP contribution in [-0.4, -0.2) is 42.8 Å². The Morgan fingerprint density at radius 1 is 1.50 bits per heavy atom. The molecule has 1 fully saturated rings. The van der Waals surface area contributed by atoms with Crippen molar-refractivity contribution in [2.75, 3.05) is 19.0 Å². The fourth-order valence-electron chi connectivity index (χ4n) is 2.05. The standard InChI is InChI=1S/C13H15BrN2O4/c1-20-8-5-11(15-6-8)12(17)16-10-3-2-7(13(18)19)4-9(10)14/h2-4,8,11,15H,5-6H2,1H3,(H,16,17)(H,18,19). The van der Waals surface area contributed by atoms with Crippen LogP contribution in [-0.2, 0) is 9.53 Å². The zero-order chi connectivity index (χ0) is 14.7. The van der Waals surface area contributed by atoms with E-state index in [0.29, 0.717) is 23.1 Å². The van der Waals surface area contributed by atoms with Gasteiger partial charge in [0.2, 0.25) is 5.91 Å². The van der Waals surface area contributed by atoms with Crippen molar-refractivity contribution in [3.05, 3.63) is 28.2 Å². The van der Waals surface area contributed by atoms with Crippen molar-refractivity contribution in [2.24, 2.45) is 0 Å². The Morgan fingerprint density at radius 3 is 2.80 bits per heavy atom. The van der Waals surface area contributed by atoms with Crippen LogP contribution in [0.3, 0.4) is 0 Å². The van der Waals surface area contributed by atoms with Crippen LogP contribution in [0.2, 0.25) is 0 Å². The number of carboxylic acid groups (broad SMARTS) is 1. The molecular weight excluding hydrogens is 328 g/mol. The van der Waals surface area contributed by atoms with E-state index >= 15 is 0 Å². The Bertz CT molecular complexity index is 535. The number of hydrogen-bond donors (Lipinski definition) is 3. The maximum Gasteiger partial charge on any atom is 0.335 e. The van der Waals surface area contributed by atoms with Gasteiger partial charge in [-0.2, -0.15) is 0 Å². The van der Waals surface area contributed by atoms with Gasteiger partial charge < -0.3 is 20.5 Å². The minimum atomic E-state index is -1.01. The van der Waals surface area contributed by atoms with Crippen molar-refractivity contribution in [3.63, 3.8) is 0 Å². The van der Waals surface area contributed by atoms with E-state index in [4.69, 9.17) is 9.84 Å². The van der Waals surface area contributed by atoms with Gasteiger partial charge in [-0.05, 0) is 40.5 Å². The van der Waals surface area contributed by atoms with Crippen LogP contribution in [0.25, 0.3) is 0 Å². The Kier molecular flexibility index (Phi) is 4.74. The molecule has 1 aromatic rings. The maximum absolute atomic E-state index is 12.1. The monoisotopic (exact) mass is 342 g/mol. The molecule has 1 aliphatic rings. The number of amides is 1. The van der Waals surface area contributed by atoms with Crippen LogP contribution in [0, 0.1) is 0 Å². The van der Waals surface area contributed by atoms with E-state index in [2.05, 4.69) is 26.6 Å². The van der Waals surface area contributed by atoms with Gasteiger partial charge >= 0.3 is 5.97 Å². The second-order valence-electron chi connectivity index (χ2n) is 4.54. The zero-order valence-electron chi connectivity index (χ0n) is 10.9. The molecule has 7 heteroatoms. The predicted molar refractivity (Wildman–Crippen MR) is 76.9 cm³/mol. The molecular formula is C13H15BrN2O4. The summed E-state index contributed by atoms with van der Waals surface area (Å²) in [6, 6.07) is 4.17. The van der Waals surface area contributed by atoms with E-state index < -0.39 is 5.97 Å². The number of rotatable bonds is 4. The molecule has 6 nitrogen and oxygen atoms in total. The molecule has 1 aromatic carbocycles. The number of nitrogens with one attached hydrogen (secondary N) is 2.